The van der Waals surface area contributed by atoms with E-state index < -0.39 is 17.2 Å². The maximum atomic E-state index is 9.99. The Morgan fingerprint density at radius 1 is 0.781 bits per heavy atom. The maximum Gasteiger partial charge on any atom is 0.204 e. The van der Waals surface area contributed by atoms with Crippen LogP contribution in [-0.2, 0) is 0 Å². The molecular formula is C22H14ClN5O4. The second kappa shape index (κ2) is 7.40. The number of hydrogen-bond donors (Lipinski definition) is 4. The highest BCUT2D eigenvalue weighted by molar-refractivity contribution is 6.30. The minimum absolute atomic E-state index is 0.0336. The molecule has 0 spiro atoms. The van der Waals surface area contributed by atoms with Crippen LogP contribution in [0.15, 0.2) is 60.7 Å². The molecule has 10 heteroatoms. The van der Waals surface area contributed by atoms with E-state index in [1.807, 2.05) is 0 Å². The van der Waals surface area contributed by atoms with Gasteiger partial charge in [-0.2, -0.15) is 5.10 Å². The predicted molar refractivity (Wildman–Crippen MR) is 117 cm³/mol. The summed E-state index contributed by atoms with van der Waals surface area (Å²) in [5, 5.41) is 53.2. The number of phenolic OH excluding ortho intramolecular Hbond substituents is 4. The average Bonchev–Trinajstić information content (AvgIpc) is 3.16. The fraction of sp³-hybridized carbons (Fsp3) is 0. The van der Waals surface area contributed by atoms with Gasteiger partial charge in [-0.15, -0.1) is 10.2 Å². The normalized spacial score (nSPS) is 11.2. The van der Waals surface area contributed by atoms with Crippen molar-refractivity contribution in [1.29, 1.82) is 0 Å². The van der Waals surface area contributed by atoms with E-state index in [1.165, 1.54) is 28.9 Å². The number of rotatable bonds is 3. The first-order valence-electron chi connectivity index (χ1n) is 9.35. The number of aromatic nitrogens is 5. The Balaban J connectivity index is 1.79. The number of nitrogens with zero attached hydrogens (tertiary/aromatic N) is 5. The summed E-state index contributed by atoms with van der Waals surface area (Å²) in [5.41, 5.74) is 2.37. The monoisotopic (exact) mass is 447 g/mol. The zero-order valence-corrected chi connectivity index (χ0v) is 16.9. The number of benzene rings is 3. The summed E-state index contributed by atoms with van der Waals surface area (Å²) in [6.45, 7) is 0. The van der Waals surface area contributed by atoms with Gasteiger partial charge in [-0.25, -0.2) is 9.67 Å². The molecule has 0 unspecified atom stereocenters. The number of halogens is 1. The minimum Gasteiger partial charge on any atom is -0.508 e. The van der Waals surface area contributed by atoms with Gasteiger partial charge < -0.3 is 20.4 Å². The third-order valence-corrected chi connectivity index (χ3v) is 5.07. The lowest BCUT2D eigenvalue weighted by Crippen LogP contribution is -2.00. The van der Waals surface area contributed by atoms with Gasteiger partial charge in [0.1, 0.15) is 17.0 Å². The highest BCUT2D eigenvalue weighted by Crippen LogP contribution is 2.40. The Morgan fingerprint density at radius 2 is 1.50 bits per heavy atom. The van der Waals surface area contributed by atoms with Crippen molar-refractivity contribution in [3.05, 3.63) is 65.7 Å². The minimum atomic E-state index is -0.639. The standard InChI is InChI=1S/C22H14ClN5O4/c23-13-6-4-11(5-7-13)21-24-19-18(12-8-16(30)20(32)17(31)9-12)27-28(22(19)26-25-21)14-2-1-3-15(29)10-14/h1-10,29-32H. The van der Waals surface area contributed by atoms with Crippen molar-refractivity contribution in [3.63, 3.8) is 0 Å². The van der Waals surface area contributed by atoms with Gasteiger partial charge in [-0.05, 0) is 48.5 Å². The number of aromatic hydroxyl groups is 4. The second-order valence-electron chi connectivity index (χ2n) is 6.96. The summed E-state index contributed by atoms with van der Waals surface area (Å²) < 4.78 is 1.44. The highest BCUT2D eigenvalue weighted by atomic mass is 35.5. The van der Waals surface area contributed by atoms with E-state index in [0.717, 1.165) is 0 Å². The third-order valence-electron chi connectivity index (χ3n) is 4.81. The molecular weight excluding hydrogens is 434 g/mol. The Labute approximate surface area is 185 Å². The van der Waals surface area contributed by atoms with Crippen molar-refractivity contribution in [3.8, 4) is 51.3 Å². The summed E-state index contributed by atoms with van der Waals surface area (Å²) in [7, 11) is 0. The first-order chi connectivity index (χ1) is 15.4. The molecule has 3 aromatic carbocycles. The van der Waals surface area contributed by atoms with Crippen LogP contribution in [-0.4, -0.2) is 45.4 Å². The van der Waals surface area contributed by atoms with Gasteiger partial charge in [0.15, 0.2) is 23.1 Å². The molecule has 0 fully saturated rings. The molecule has 0 saturated carbocycles. The van der Waals surface area contributed by atoms with Crippen molar-refractivity contribution in [2.45, 2.75) is 0 Å². The van der Waals surface area contributed by atoms with Crippen molar-refractivity contribution < 1.29 is 20.4 Å². The smallest absolute Gasteiger partial charge is 0.204 e. The predicted octanol–water partition coefficient (Wildman–Crippen LogP) is 4.02. The van der Waals surface area contributed by atoms with E-state index in [-0.39, 0.29) is 17.1 Å². The summed E-state index contributed by atoms with van der Waals surface area (Å²) in [5.74, 6) is -1.32. The van der Waals surface area contributed by atoms with Crippen molar-refractivity contribution >= 4 is 22.8 Å². The molecule has 2 heterocycles. The van der Waals surface area contributed by atoms with E-state index in [4.69, 9.17) is 11.6 Å². The largest absolute Gasteiger partial charge is 0.508 e. The molecule has 2 aromatic heterocycles. The third kappa shape index (κ3) is 3.30. The van der Waals surface area contributed by atoms with Gasteiger partial charge in [-0.3, -0.25) is 0 Å². The molecule has 5 aromatic rings. The summed E-state index contributed by atoms with van der Waals surface area (Å²) in [6.07, 6.45) is 0. The number of phenols is 4. The lowest BCUT2D eigenvalue weighted by atomic mass is 10.1. The van der Waals surface area contributed by atoms with E-state index in [0.29, 0.717) is 33.2 Å². The summed E-state index contributed by atoms with van der Waals surface area (Å²) in [4.78, 5) is 4.61. The van der Waals surface area contributed by atoms with Crippen molar-refractivity contribution in [2.75, 3.05) is 0 Å². The molecule has 0 amide bonds. The lowest BCUT2D eigenvalue weighted by molar-refractivity contribution is 0.368. The zero-order chi connectivity index (χ0) is 22.4. The van der Waals surface area contributed by atoms with E-state index >= 15 is 0 Å². The fourth-order valence-electron chi connectivity index (χ4n) is 3.28. The quantitative estimate of drug-likeness (QED) is 0.304. The molecule has 0 saturated heterocycles. The first kappa shape index (κ1) is 19.6. The molecule has 4 N–H and O–H groups in total. The Hall–Kier alpha value is -4.37. The van der Waals surface area contributed by atoms with E-state index in [1.54, 1.807) is 36.4 Å². The van der Waals surface area contributed by atoms with Crippen LogP contribution in [0.5, 0.6) is 23.0 Å². The van der Waals surface area contributed by atoms with Crippen LogP contribution in [0.1, 0.15) is 0 Å². The van der Waals surface area contributed by atoms with Crippen LogP contribution in [0.2, 0.25) is 5.02 Å². The number of fused-ring (bicyclic) bond motifs is 1. The summed E-state index contributed by atoms with van der Waals surface area (Å²) in [6, 6.07) is 15.8. The Bertz CT molecular complexity index is 1460. The van der Waals surface area contributed by atoms with Crippen molar-refractivity contribution in [2.24, 2.45) is 0 Å². The molecule has 0 bridgehead atoms. The van der Waals surface area contributed by atoms with Gasteiger partial charge in [0, 0.05) is 22.2 Å². The maximum absolute atomic E-state index is 9.99. The van der Waals surface area contributed by atoms with E-state index in [2.05, 4.69) is 20.3 Å². The second-order valence-corrected chi connectivity index (χ2v) is 7.39. The first-order valence-corrected chi connectivity index (χ1v) is 9.72. The average molecular weight is 448 g/mol. The van der Waals surface area contributed by atoms with E-state index in [9.17, 15) is 20.4 Å². The molecule has 32 heavy (non-hydrogen) atoms. The van der Waals surface area contributed by atoms with Crippen LogP contribution in [0.25, 0.3) is 39.5 Å². The fourth-order valence-corrected chi connectivity index (χ4v) is 3.40. The van der Waals surface area contributed by atoms with Crippen LogP contribution >= 0.6 is 11.6 Å². The van der Waals surface area contributed by atoms with Gasteiger partial charge in [-0.1, -0.05) is 17.7 Å². The highest BCUT2D eigenvalue weighted by Gasteiger charge is 2.21. The number of hydrogen-bond acceptors (Lipinski definition) is 8. The Kier molecular flexibility index (Phi) is 4.53. The van der Waals surface area contributed by atoms with Crippen LogP contribution in [0.4, 0.5) is 0 Å². The van der Waals surface area contributed by atoms with Gasteiger partial charge >= 0.3 is 0 Å². The van der Waals surface area contributed by atoms with Crippen molar-refractivity contribution in [1.82, 2.24) is 25.0 Å². The molecule has 0 atom stereocenters. The lowest BCUT2D eigenvalue weighted by Gasteiger charge is -2.04. The molecule has 0 aliphatic carbocycles. The van der Waals surface area contributed by atoms with Gasteiger partial charge in [0.05, 0.1) is 5.69 Å². The van der Waals surface area contributed by atoms with Gasteiger partial charge in [0.2, 0.25) is 5.65 Å². The molecule has 9 nitrogen and oxygen atoms in total. The van der Waals surface area contributed by atoms with Crippen LogP contribution in [0, 0.1) is 0 Å². The van der Waals surface area contributed by atoms with Crippen LogP contribution in [0.3, 0.4) is 0 Å². The molecule has 158 valence electrons. The van der Waals surface area contributed by atoms with Gasteiger partial charge in [0.25, 0.3) is 0 Å². The SMILES string of the molecule is Oc1cccc(-n2nc(-c3cc(O)c(O)c(O)c3)c3nc(-c4ccc(Cl)cc4)nnc32)c1. The topological polar surface area (TPSA) is 137 Å². The summed E-state index contributed by atoms with van der Waals surface area (Å²) >= 11 is 5.97. The zero-order valence-electron chi connectivity index (χ0n) is 16.2. The molecule has 0 aliphatic heterocycles. The molecule has 5 rings (SSSR count). The molecule has 0 aliphatic rings. The van der Waals surface area contributed by atoms with Crippen LogP contribution < -0.4 is 0 Å². The Morgan fingerprint density at radius 3 is 2.19 bits per heavy atom. The molecule has 0 radical (unpaired) electrons.